The van der Waals surface area contributed by atoms with Crippen LogP contribution >= 0.6 is 12.2 Å². The van der Waals surface area contributed by atoms with E-state index in [4.69, 9.17) is 17.0 Å². The Hall–Kier alpha value is -1.57. The van der Waals surface area contributed by atoms with Crippen LogP contribution in [0, 0.1) is 4.77 Å². The van der Waals surface area contributed by atoms with Gasteiger partial charge in [-0.15, -0.1) is 0 Å². The van der Waals surface area contributed by atoms with Gasteiger partial charge in [0.05, 0.1) is 19.8 Å². The van der Waals surface area contributed by atoms with Crippen molar-refractivity contribution in [2.24, 2.45) is 0 Å². The molecule has 0 amide bonds. The molecular formula is C13H19N5OS. The fourth-order valence-electron chi connectivity index (χ4n) is 1.72. The van der Waals surface area contributed by atoms with E-state index in [-0.39, 0.29) is 0 Å². The molecule has 0 aliphatic rings. The zero-order valence-corrected chi connectivity index (χ0v) is 12.6. The summed E-state index contributed by atoms with van der Waals surface area (Å²) in [4.78, 5) is 6.38. The van der Waals surface area contributed by atoms with Crippen molar-refractivity contribution in [3.05, 3.63) is 29.2 Å². The van der Waals surface area contributed by atoms with Gasteiger partial charge >= 0.3 is 0 Å². The molecule has 0 atom stereocenters. The SMILES string of the molecule is CN(C)CCOCCn1c(-c2ccccn2)n[nH]c1=S. The number of rotatable bonds is 7. The molecule has 0 aliphatic carbocycles. The summed E-state index contributed by atoms with van der Waals surface area (Å²) in [7, 11) is 4.05. The average molecular weight is 293 g/mol. The lowest BCUT2D eigenvalue weighted by Gasteiger charge is -2.10. The van der Waals surface area contributed by atoms with Crippen molar-refractivity contribution in [2.45, 2.75) is 6.54 Å². The molecule has 7 heteroatoms. The molecule has 0 spiro atoms. The summed E-state index contributed by atoms with van der Waals surface area (Å²) in [5.41, 5.74) is 0.799. The topological polar surface area (TPSA) is 59.0 Å². The number of hydrogen-bond donors (Lipinski definition) is 1. The number of hydrogen-bond acceptors (Lipinski definition) is 5. The monoisotopic (exact) mass is 293 g/mol. The summed E-state index contributed by atoms with van der Waals surface area (Å²) in [6.07, 6.45) is 1.74. The second kappa shape index (κ2) is 7.28. The Morgan fingerprint density at radius 3 is 2.90 bits per heavy atom. The van der Waals surface area contributed by atoms with Crippen molar-refractivity contribution in [3.8, 4) is 11.5 Å². The molecule has 0 saturated heterocycles. The minimum Gasteiger partial charge on any atom is -0.378 e. The first kappa shape index (κ1) is 14.8. The maximum absolute atomic E-state index is 5.59. The molecule has 20 heavy (non-hydrogen) atoms. The van der Waals surface area contributed by atoms with Gasteiger partial charge in [-0.25, -0.2) is 0 Å². The van der Waals surface area contributed by atoms with E-state index in [1.54, 1.807) is 6.20 Å². The Morgan fingerprint density at radius 2 is 2.20 bits per heavy atom. The maximum Gasteiger partial charge on any atom is 0.195 e. The van der Waals surface area contributed by atoms with E-state index in [2.05, 4.69) is 20.1 Å². The Balaban J connectivity index is 1.98. The molecule has 0 aliphatic heterocycles. The van der Waals surface area contributed by atoms with E-state index in [1.165, 1.54) is 0 Å². The number of H-pyrrole nitrogens is 1. The third-order valence-electron chi connectivity index (χ3n) is 2.79. The minimum atomic E-state index is 0.585. The summed E-state index contributed by atoms with van der Waals surface area (Å²) in [5.74, 6) is 0.742. The Morgan fingerprint density at radius 1 is 1.35 bits per heavy atom. The summed E-state index contributed by atoms with van der Waals surface area (Å²) in [6.45, 7) is 2.87. The van der Waals surface area contributed by atoms with Gasteiger partial charge in [-0.3, -0.25) is 14.6 Å². The quantitative estimate of drug-likeness (QED) is 0.620. The lowest BCUT2D eigenvalue weighted by atomic mass is 10.3. The van der Waals surface area contributed by atoms with Crippen molar-refractivity contribution >= 4 is 12.2 Å². The molecule has 2 aromatic heterocycles. The number of nitrogens with one attached hydrogen (secondary N) is 1. The van der Waals surface area contributed by atoms with Gasteiger partial charge in [0.25, 0.3) is 0 Å². The van der Waals surface area contributed by atoms with Gasteiger partial charge in [0.15, 0.2) is 10.6 Å². The molecule has 0 saturated carbocycles. The van der Waals surface area contributed by atoms with Crippen molar-refractivity contribution < 1.29 is 4.74 Å². The molecular weight excluding hydrogens is 274 g/mol. The van der Waals surface area contributed by atoms with E-state index >= 15 is 0 Å². The van der Waals surface area contributed by atoms with Crippen molar-refractivity contribution in [2.75, 3.05) is 33.9 Å². The fourth-order valence-corrected chi connectivity index (χ4v) is 1.94. The maximum atomic E-state index is 5.59. The van der Waals surface area contributed by atoms with Crippen LogP contribution in [-0.2, 0) is 11.3 Å². The van der Waals surface area contributed by atoms with Crippen LogP contribution < -0.4 is 0 Å². The third-order valence-corrected chi connectivity index (χ3v) is 3.11. The lowest BCUT2D eigenvalue weighted by molar-refractivity contribution is 0.111. The standard InChI is InChI=1S/C13H19N5OS/c1-17(2)7-9-19-10-8-18-12(15-16-13(18)20)11-5-3-4-6-14-11/h3-6H,7-10H2,1-2H3,(H,16,20). The number of ether oxygens (including phenoxy) is 1. The highest BCUT2D eigenvalue weighted by Gasteiger charge is 2.09. The molecule has 0 radical (unpaired) electrons. The highest BCUT2D eigenvalue weighted by Crippen LogP contribution is 2.13. The molecule has 2 rings (SSSR count). The average Bonchev–Trinajstić information content (AvgIpc) is 2.80. The van der Waals surface area contributed by atoms with Crippen LogP contribution in [0.3, 0.4) is 0 Å². The predicted octanol–water partition coefficient (Wildman–Crippen LogP) is 1.58. The van der Waals surface area contributed by atoms with E-state index in [0.717, 1.165) is 18.1 Å². The summed E-state index contributed by atoms with van der Waals surface area (Å²) >= 11 is 5.25. The van der Waals surface area contributed by atoms with Gasteiger partial charge in [-0.2, -0.15) is 5.10 Å². The number of aromatic amines is 1. The molecule has 2 heterocycles. The summed E-state index contributed by atoms with van der Waals surface area (Å²) < 4.78 is 8.09. The first-order valence-corrected chi connectivity index (χ1v) is 6.88. The second-order valence-electron chi connectivity index (χ2n) is 4.63. The number of pyridine rings is 1. The molecule has 108 valence electrons. The van der Waals surface area contributed by atoms with Crippen molar-refractivity contribution in [3.63, 3.8) is 0 Å². The third kappa shape index (κ3) is 3.96. The largest absolute Gasteiger partial charge is 0.378 e. The molecule has 0 bridgehead atoms. The normalized spacial score (nSPS) is 11.2. The van der Waals surface area contributed by atoms with Gasteiger partial charge in [-0.05, 0) is 38.4 Å². The molecule has 0 unspecified atom stereocenters. The van der Waals surface area contributed by atoms with Crippen molar-refractivity contribution in [1.29, 1.82) is 0 Å². The fraction of sp³-hybridized carbons (Fsp3) is 0.462. The van der Waals surface area contributed by atoms with Gasteiger partial charge in [0.1, 0.15) is 5.69 Å². The molecule has 6 nitrogen and oxygen atoms in total. The van der Waals surface area contributed by atoms with Crippen LogP contribution in [0.25, 0.3) is 11.5 Å². The summed E-state index contributed by atoms with van der Waals surface area (Å²) in [6, 6.07) is 5.71. The van der Waals surface area contributed by atoms with Crippen LogP contribution in [0.2, 0.25) is 0 Å². The van der Waals surface area contributed by atoms with E-state index in [9.17, 15) is 0 Å². The Kier molecular flexibility index (Phi) is 5.40. The van der Waals surface area contributed by atoms with Gasteiger partial charge < -0.3 is 9.64 Å². The van der Waals surface area contributed by atoms with Crippen LogP contribution in [0.5, 0.6) is 0 Å². The predicted molar refractivity (Wildman–Crippen MR) is 80.0 cm³/mol. The van der Waals surface area contributed by atoms with Crippen molar-refractivity contribution in [1.82, 2.24) is 24.6 Å². The Bertz CT molecular complexity index is 578. The molecule has 0 aromatic carbocycles. The molecule has 2 aromatic rings. The van der Waals surface area contributed by atoms with Crippen LogP contribution in [0.15, 0.2) is 24.4 Å². The smallest absolute Gasteiger partial charge is 0.195 e. The number of likely N-dealkylation sites (N-methyl/N-ethyl adjacent to an activating group) is 1. The number of nitrogens with zero attached hydrogens (tertiary/aromatic N) is 4. The molecule has 0 fully saturated rings. The van der Waals surface area contributed by atoms with E-state index in [0.29, 0.717) is 24.5 Å². The zero-order chi connectivity index (χ0) is 14.4. The van der Waals surface area contributed by atoms with Crippen LogP contribution in [-0.4, -0.2) is 58.5 Å². The van der Waals surface area contributed by atoms with Gasteiger partial charge in [0, 0.05) is 12.7 Å². The van der Waals surface area contributed by atoms with Crippen LogP contribution in [0.4, 0.5) is 0 Å². The second-order valence-corrected chi connectivity index (χ2v) is 5.02. The van der Waals surface area contributed by atoms with Gasteiger partial charge in [-0.1, -0.05) is 6.07 Å². The van der Waals surface area contributed by atoms with E-state index < -0.39 is 0 Å². The minimum absolute atomic E-state index is 0.585. The van der Waals surface area contributed by atoms with E-state index in [1.807, 2.05) is 36.9 Å². The lowest BCUT2D eigenvalue weighted by Crippen LogP contribution is -2.19. The first-order valence-electron chi connectivity index (χ1n) is 6.47. The number of aromatic nitrogens is 4. The van der Waals surface area contributed by atoms with Gasteiger partial charge in [0.2, 0.25) is 0 Å². The molecule has 1 N–H and O–H groups in total. The van der Waals surface area contributed by atoms with Crippen LogP contribution in [0.1, 0.15) is 0 Å². The zero-order valence-electron chi connectivity index (χ0n) is 11.7. The Labute approximate surface area is 123 Å². The highest BCUT2D eigenvalue weighted by atomic mass is 32.1. The summed E-state index contributed by atoms with van der Waals surface area (Å²) in [5, 5.41) is 7.04. The first-order chi connectivity index (χ1) is 9.68. The highest BCUT2D eigenvalue weighted by molar-refractivity contribution is 7.71.